The fourth-order valence-corrected chi connectivity index (χ4v) is 1.86. The molecule has 0 radical (unpaired) electrons. The van der Waals surface area contributed by atoms with Crippen molar-refractivity contribution in [3.05, 3.63) is 28.5 Å². The Hall–Kier alpha value is -1.14. The third-order valence-electron chi connectivity index (χ3n) is 2.16. The minimum absolute atomic E-state index is 0.110. The number of halogens is 1. The van der Waals surface area contributed by atoms with E-state index >= 15 is 0 Å². The first kappa shape index (κ1) is 19.9. The molecule has 1 N–H and O–H groups in total. The van der Waals surface area contributed by atoms with Crippen LogP contribution in [0.1, 0.15) is 40.2 Å². The molecule has 0 aliphatic heterocycles. The predicted molar refractivity (Wildman–Crippen MR) is 87.0 cm³/mol. The van der Waals surface area contributed by atoms with Crippen LogP contribution in [0.4, 0.5) is 4.79 Å². The molecule has 120 valence electrons. The Morgan fingerprint density at radius 3 is 2.48 bits per heavy atom. The van der Waals surface area contributed by atoms with E-state index in [0.717, 1.165) is 10.0 Å². The number of amides is 1. The molecule has 0 unspecified atom stereocenters. The van der Waals surface area contributed by atoms with Crippen LogP contribution in [0, 0.1) is 0 Å². The second-order valence-electron chi connectivity index (χ2n) is 5.14. The minimum Gasteiger partial charge on any atom is -0.444 e. The van der Waals surface area contributed by atoms with E-state index in [9.17, 15) is 4.79 Å². The lowest BCUT2D eigenvalue weighted by atomic mass is 10.2. The van der Waals surface area contributed by atoms with Crippen LogP contribution in [0.5, 0.6) is 0 Å². The largest absolute Gasteiger partial charge is 0.444 e. The number of carbonyl (C=O) groups excluding carboxylic acids is 1. The SMILES string of the molecule is CC.CC(C)(C)OC(=O)N(CCO)Cc1cncc(Br)c1. The maximum absolute atomic E-state index is 12.0. The van der Waals surface area contributed by atoms with E-state index in [0.29, 0.717) is 6.54 Å². The standard InChI is InChI=1S/C13H19BrN2O3.C2H6/c1-13(2,3)19-12(18)16(4-5-17)9-10-6-11(14)8-15-7-10;1-2/h6-8,17H,4-5,9H2,1-3H3;1-2H3. The highest BCUT2D eigenvalue weighted by molar-refractivity contribution is 9.10. The Balaban J connectivity index is 0.00000191. The van der Waals surface area contributed by atoms with E-state index in [1.807, 2.05) is 40.7 Å². The Morgan fingerprint density at radius 1 is 1.38 bits per heavy atom. The van der Waals surface area contributed by atoms with Crippen LogP contribution >= 0.6 is 15.9 Å². The molecule has 0 saturated carbocycles. The highest BCUT2D eigenvalue weighted by Gasteiger charge is 2.22. The molecule has 0 saturated heterocycles. The Bertz CT molecular complexity index is 433. The fraction of sp³-hybridized carbons (Fsp3) is 0.600. The molecule has 5 nitrogen and oxygen atoms in total. The number of aromatic nitrogens is 1. The molecule has 0 spiro atoms. The van der Waals surface area contributed by atoms with Crippen molar-refractivity contribution in [1.29, 1.82) is 0 Å². The van der Waals surface area contributed by atoms with Gasteiger partial charge in [-0.1, -0.05) is 13.8 Å². The number of pyridine rings is 1. The Morgan fingerprint density at radius 2 is 2.00 bits per heavy atom. The summed E-state index contributed by atoms with van der Waals surface area (Å²) in [6.45, 7) is 9.89. The average Bonchev–Trinajstić information content (AvgIpc) is 2.38. The maximum atomic E-state index is 12.0. The van der Waals surface area contributed by atoms with Crippen molar-refractivity contribution in [2.45, 2.75) is 46.8 Å². The van der Waals surface area contributed by atoms with E-state index in [-0.39, 0.29) is 13.2 Å². The average molecular weight is 361 g/mol. The van der Waals surface area contributed by atoms with Gasteiger partial charge in [-0.25, -0.2) is 4.79 Å². The summed E-state index contributed by atoms with van der Waals surface area (Å²) >= 11 is 3.33. The Kier molecular flexibility index (Phi) is 9.21. The van der Waals surface area contributed by atoms with E-state index in [4.69, 9.17) is 9.84 Å². The second kappa shape index (κ2) is 9.73. The number of aliphatic hydroxyl groups excluding tert-OH is 1. The van der Waals surface area contributed by atoms with Crippen molar-refractivity contribution in [3.63, 3.8) is 0 Å². The van der Waals surface area contributed by atoms with Gasteiger partial charge in [0.1, 0.15) is 5.60 Å². The van der Waals surface area contributed by atoms with Crippen molar-refractivity contribution < 1.29 is 14.6 Å². The number of hydrogen-bond donors (Lipinski definition) is 1. The number of rotatable bonds is 4. The first-order valence-corrected chi connectivity index (χ1v) is 7.79. The lowest BCUT2D eigenvalue weighted by Gasteiger charge is -2.27. The molecule has 0 fully saturated rings. The second-order valence-corrected chi connectivity index (χ2v) is 6.05. The normalized spacial score (nSPS) is 10.4. The maximum Gasteiger partial charge on any atom is 0.410 e. The fourth-order valence-electron chi connectivity index (χ4n) is 1.44. The van der Waals surface area contributed by atoms with E-state index in [2.05, 4.69) is 20.9 Å². The lowest BCUT2D eigenvalue weighted by molar-refractivity contribution is 0.0201. The predicted octanol–water partition coefficient (Wildman–Crippen LogP) is 3.60. The molecule has 1 amide bonds. The van der Waals surface area contributed by atoms with Crippen molar-refractivity contribution in [2.75, 3.05) is 13.2 Å². The van der Waals surface area contributed by atoms with Crippen molar-refractivity contribution >= 4 is 22.0 Å². The van der Waals surface area contributed by atoms with Crippen molar-refractivity contribution in [3.8, 4) is 0 Å². The van der Waals surface area contributed by atoms with Gasteiger partial charge in [0.25, 0.3) is 0 Å². The topological polar surface area (TPSA) is 62.7 Å². The first-order chi connectivity index (χ1) is 9.81. The third-order valence-corrected chi connectivity index (χ3v) is 2.59. The molecule has 21 heavy (non-hydrogen) atoms. The molecule has 6 heteroatoms. The molecule has 1 heterocycles. The van der Waals surface area contributed by atoms with Gasteiger partial charge in [0, 0.05) is 23.4 Å². The summed E-state index contributed by atoms with van der Waals surface area (Å²) in [7, 11) is 0. The molecule has 1 rings (SSSR count). The molecular formula is C15H25BrN2O3. The summed E-state index contributed by atoms with van der Waals surface area (Å²) in [6, 6.07) is 1.88. The summed E-state index contributed by atoms with van der Waals surface area (Å²) in [5, 5.41) is 9.04. The van der Waals surface area contributed by atoms with Gasteiger partial charge >= 0.3 is 6.09 Å². The van der Waals surface area contributed by atoms with Gasteiger partial charge in [-0.15, -0.1) is 0 Å². The van der Waals surface area contributed by atoms with Crippen molar-refractivity contribution in [1.82, 2.24) is 9.88 Å². The molecule has 0 atom stereocenters. The summed E-state index contributed by atoms with van der Waals surface area (Å²) in [6.07, 6.45) is 2.91. The van der Waals surface area contributed by atoms with Gasteiger partial charge in [-0.3, -0.25) is 4.98 Å². The monoisotopic (exact) mass is 360 g/mol. The number of carbonyl (C=O) groups is 1. The van der Waals surface area contributed by atoms with Gasteiger partial charge in [0.05, 0.1) is 13.2 Å². The quantitative estimate of drug-likeness (QED) is 0.890. The van der Waals surface area contributed by atoms with E-state index < -0.39 is 11.7 Å². The van der Waals surface area contributed by atoms with E-state index in [1.54, 1.807) is 12.4 Å². The molecule has 0 bridgehead atoms. The van der Waals surface area contributed by atoms with Crippen LogP contribution < -0.4 is 0 Å². The molecule has 0 aromatic carbocycles. The highest BCUT2D eigenvalue weighted by atomic mass is 79.9. The zero-order valence-electron chi connectivity index (χ0n) is 13.4. The first-order valence-electron chi connectivity index (χ1n) is 7.00. The van der Waals surface area contributed by atoms with Gasteiger partial charge in [-0.2, -0.15) is 0 Å². The summed E-state index contributed by atoms with van der Waals surface area (Å²) in [5.74, 6) is 0. The van der Waals surface area contributed by atoms with Gasteiger partial charge in [0.15, 0.2) is 0 Å². The Labute approximate surface area is 135 Å². The summed E-state index contributed by atoms with van der Waals surface area (Å²) in [5.41, 5.74) is 0.314. The lowest BCUT2D eigenvalue weighted by Crippen LogP contribution is -2.38. The number of nitrogens with zero attached hydrogens (tertiary/aromatic N) is 2. The van der Waals surface area contributed by atoms with Crippen LogP contribution in [-0.2, 0) is 11.3 Å². The molecule has 0 aliphatic carbocycles. The highest BCUT2D eigenvalue weighted by Crippen LogP contribution is 2.14. The molecule has 1 aromatic rings. The zero-order chi connectivity index (χ0) is 16.5. The summed E-state index contributed by atoms with van der Waals surface area (Å²) in [4.78, 5) is 17.5. The smallest absolute Gasteiger partial charge is 0.410 e. The van der Waals surface area contributed by atoms with Crippen LogP contribution in [0.15, 0.2) is 22.9 Å². The molecular weight excluding hydrogens is 336 g/mol. The number of ether oxygens (including phenoxy) is 1. The molecule has 1 aromatic heterocycles. The van der Waals surface area contributed by atoms with Gasteiger partial charge in [-0.05, 0) is 48.3 Å². The third kappa shape index (κ3) is 8.67. The zero-order valence-corrected chi connectivity index (χ0v) is 15.0. The minimum atomic E-state index is -0.555. The van der Waals surface area contributed by atoms with Crippen LogP contribution in [-0.4, -0.2) is 39.8 Å². The number of aliphatic hydroxyl groups is 1. The number of hydrogen-bond acceptors (Lipinski definition) is 4. The van der Waals surface area contributed by atoms with Crippen LogP contribution in [0.3, 0.4) is 0 Å². The summed E-state index contributed by atoms with van der Waals surface area (Å²) < 4.78 is 6.14. The van der Waals surface area contributed by atoms with Crippen LogP contribution in [0.25, 0.3) is 0 Å². The molecule has 0 aliphatic rings. The van der Waals surface area contributed by atoms with Gasteiger partial charge < -0.3 is 14.7 Å². The van der Waals surface area contributed by atoms with Gasteiger partial charge in [0.2, 0.25) is 0 Å². The van der Waals surface area contributed by atoms with Crippen LogP contribution in [0.2, 0.25) is 0 Å². The van der Waals surface area contributed by atoms with E-state index in [1.165, 1.54) is 4.90 Å². The van der Waals surface area contributed by atoms with Crippen molar-refractivity contribution in [2.24, 2.45) is 0 Å².